The van der Waals surface area contributed by atoms with Crippen molar-refractivity contribution < 1.29 is 18.1 Å². The smallest absolute Gasteiger partial charge is 0.287 e. The number of rotatable bonds is 7. The molecule has 0 N–H and O–H groups in total. The molecule has 32 heavy (non-hydrogen) atoms. The lowest BCUT2D eigenvalue weighted by molar-refractivity contribution is -0.386. The lowest BCUT2D eigenvalue weighted by atomic mass is 10.1. The average Bonchev–Trinajstić information content (AvgIpc) is 3.18. The fourth-order valence-electron chi connectivity index (χ4n) is 3.54. The molecule has 0 bridgehead atoms. The van der Waals surface area contributed by atoms with Crippen LogP contribution in [0, 0.1) is 10.1 Å². The highest BCUT2D eigenvalue weighted by Gasteiger charge is 2.33. The van der Waals surface area contributed by atoms with Crippen molar-refractivity contribution in [2.24, 2.45) is 0 Å². The van der Waals surface area contributed by atoms with Crippen molar-refractivity contribution in [1.82, 2.24) is 18.9 Å². The van der Waals surface area contributed by atoms with E-state index in [1.807, 2.05) is 0 Å². The largest absolute Gasteiger partial charge is 0.416 e. The molecule has 0 amide bonds. The third-order valence-electron chi connectivity index (χ3n) is 4.91. The highest BCUT2D eigenvalue weighted by Crippen LogP contribution is 2.32. The molecular formula is C20H20F3N5O4. The summed E-state index contributed by atoms with van der Waals surface area (Å²) in [6.45, 7) is 3.13. The van der Waals surface area contributed by atoms with Crippen LogP contribution in [0.4, 0.5) is 18.9 Å². The van der Waals surface area contributed by atoms with Crippen LogP contribution in [0.5, 0.6) is 0 Å². The van der Waals surface area contributed by atoms with Gasteiger partial charge in [-0.15, -0.1) is 0 Å². The molecular weight excluding hydrogens is 431 g/mol. The SMILES string of the molecule is CCCn1c(=O)c([N+](=O)[O-])c(-c2cnn(Cc3ccccc3C(F)(F)F)c2)n(CC)c1=O. The second-order valence-electron chi connectivity index (χ2n) is 7.02. The van der Waals surface area contributed by atoms with Crippen molar-refractivity contribution in [3.63, 3.8) is 0 Å². The van der Waals surface area contributed by atoms with Crippen molar-refractivity contribution in [3.05, 3.63) is 78.7 Å². The minimum Gasteiger partial charge on any atom is -0.287 e. The number of alkyl halides is 3. The molecule has 0 spiro atoms. The van der Waals surface area contributed by atoms with Crippen LogP contribution in [0.25, 0.3) is 11.3 Å². The Morgan fingerprint density at radius 1 is 1.12 bits per heavy atom. The lowest BCUT2D eigenvalue weighted by Gasteiger charge is -2.13. The van der Waals surface area contributed by atoms with E-state index in [1.54, 1.807) is 13.8 Å². The van der Waals surface area contributed by atoms with Gasteiger partial charge in [0.05, 0.1) is 23.2 Å². The van der Waals surface area contributed by atoms with Gasteiger partial charge in [0.15, 0.2) is 0 Å². The van der Waals surface area contributed by atoms with Crippen LogP contribution in [0.15, 0.2) is 46.2 Å². The van der Waals surface area contributed by atoms with E-state index in [0.717, 1.165) is 15.2 Å². The number of benzene rings is 1. The predicted octanol–water partition coefficient (Wildman–Crippen LogP) is 3.28. The van der Waals surface area contributed by atoms with E-state index in [4.69, 9.17) is 0 Å². The van der Waals surface area contributed by atoms with Gasteiger partial charge < -0.3 is 0 Å². The first-order valence-electron chi connectivity index (χ1n) is 9.80. The van der Waals surface area contributed by atoms with E-state index in [0.29, 0.717) is 6.42 Å². The average molecular weight is 451 g/mol. The molecule has 0 aliphatic rings. The van der Waals surface area contributed by atoms with Gasteiger partial charge in [-0.05, 0) is 25.0 Å². The fraction of sp³-hybridized carbons (Fsp3) is 0.350. The Bertz CT molecular complexity index is 1270. The minimum absolute atomic E-state index is 0.0201. The van der Waals surface area contributed by atoms with Crippen molar-refractivity contribution in [2.75, 3.05) is 0 Å². The number of nitro groups is 1. The van der Waals surface area contributed by atoms with Gasteiger partial charge in [0.25, 0.3) is 0 Å². The van der Waals surface area contributed by atoms with E-state index >= 15 is 0 Å². The molecule has 9 nitrogen and oxygen atoms in total. The number of hydrogen-bond donors (Lipinski definition) is 0. The van der Waals surface area contributed by atoms with E-state index in [1.165, 1.54) is 35.3 Å². The summed E-state index contributed by atoms with van der Waals surface area (Å²) in [6, 6.07) is 4.99. The van der Waals surface area contributed by atoms with Gasteiger partial charge in [0.1, 0.15) is 5.69 Å². The molecule has 0 saturated carbocycles. The van der Waals surface area contributed by atoms with Crippen molar-refractivity contribution >= 4 is 5.69 Å². The highest BCUT2D eigenvalue weighted by atomic mass is 19.4. The van der Waals surface area contributed by atoms with Crippen LogP contribution in [-0.2, 0) is 25.8 Å². The quantitative estimate of drug-likeness (QED) is 0.405. The first kappa shape index (κ1) is 23.0. The summed E-state index contributed by atoms with van der Waals surface area (Å²) in [4.78, 5) is 36.3. The molecule has 2 heterocycles. The monoisotopic (exact) mass is 451 g/mol. The molecule has 0 radical (unpaired) electrons. The maximum Gasteiger partial charge on any atom is 0.416 e. The molecule has 170 valence electrons. The second kappa shape index (κ2) is 8.81. The molecule has 3 aromatic rings. The molecule has 2 aromatic heterocycles. The molecule has 0 unspecified atom stereocenters. The van der Waals surface area contributed by atoms with Crippen LogP contribution >= 0.6 is 0 Å². The lowest BCUT2D eigenvalue weighted by Crippen LogP contribution is -2.41. The summed E-state index contributed by atoms with van der Waals surface area (Å²) >= 11 is 0. The van der Waals surface area contributed by atoms with Gasteiger partial charge in [-0.25, -0.2) is 4.79 Å². The molecule has 0 saturated heterocycles. The van der Waals surface area contributed by atoms with Crippen LogP contribution in [0.1, 0.15) is 31.4 Å². The normalized spacial score (nSPS) is 11.7. The van der Waals surface area contributed by atoms with Crippen molar-refractivity contribution in [2.45, 2.75) is 46.1 Å². The number of hydrogen-bond acceptors (Lipinski definition) is 5. The Morgan fingerprint density at radius 3 is 2.41 bits per heavy atom. The Hall–Kier alpha value is -3.70. The van der Waals surface area contributed by atoms with Crippen molar-refractivity contribution in [3.8, 4) is 11.3 Å². The standard InChI is InChI=1S/C20H20F3N5O4/c1-3-9-27-18(29)17(28(31)32)16(26(4-2)19(27)30)14-10-24-25(12-14)11-13-7-5-6-8-15(13)20(21,22)23/h5-8,10,12H,3-4,9,11H2,1-2H3. The van der Waals surface area contributed by atoms with Gasteiger partial charge in [-0.1, -0.05) is 25.1 Å². The Morgan fingerprint density at radius 2 is 1.81 bits per heavy atom. The van der Waals surface area contributed by atoms with E-state index in [2.05, 4.69) is 5.10 Å². The minimum atomic E-state index is -4.56. The predicted molar refractivity (Wildman–Crippen MR) is 109 cm³/mol. The summed E-state index contributed by atoms with van der Waals surface area (Å²) in [5.41, 5.74) is -3.52. The molecule has 0 aliphatic heterocycles. The molecule has 0 aliphatic carbocycles. The zero-order chi connectivity index (χ0) is 23.6. The van der Waals surface area contributed by atoms with E-state index < -0.39 is 33.6 Å². The first-order valence-corrected chi connectivity index (χ1v) is 9.80. The molecule has 3 rings (SSSR count). The van der Waals surface area contributed by atoms with Gasteiger partial charge in [-0.2, -0.15) is 18.3 Å². The van der Waals surface area contributed by atoms with Gasteiger partial charge in [0.2, 0.25) is 0 Å². The van der Waals surface area contributed by atoms with Crippen LogP contribution < -0.4 is 11.2 Å². The zero-order valence-electron chi connectivity index (χ0n) is 17.3. The van der Waals surface area contributed by atoms with Crippen LogP contribution in [0.2, 0.25) is 0 Å². The fourth-order valence-corrected chi connectivity index (χ4v) is 3.54. The summed E-state index contributed by atoms with van der Waals surface area (Å²) < 4.78 is 42.9. The van der Waals surface area contributed by atoms with Gasteiger partial charge in [0, 0.05) is 24.8 Å². The number of halogens is 3. The summed E-state index contributed by atoms with van der Waals surface area (Å²) in [5, 5.41) is 15.7. The van der Waals surface area contributed by atoms with Crippen LogP contribution in [0.3, 0.4) is 0 Å². The topological polar surface area (TPSA) is 105 Å². The molecule has 12 heteroatoms. The molecule has 1 aromatic carbocycles. The summed E-state index contributed by atoms with van der Waals surface area (Å²) in [6.07, 6.45) is -1.66. The Balaban J connectivity index is 2.15. The Kier molecular flexibility index (Phi) is 6.32. The maximum absolute atomic E-state index is 13.3. The van der Waals surface area contributed by atoms with E-state index in [-0.39, 0.29) is 36.5 Å². The first-order chi connectivity index (χ1) is 15.1. The summed E-state index contributed by atoms with van der Waals surface area (Å²) in [5.74, 6) is 0. The van der Waals surface area contributed by atoms with Crippen LogP contribution in [-0.4, -0.2) is 23.8 Å². The number of nitrogens with zero attached hydrogens (tertiary/aromatic N) is 5. The molecule has 0 fully saturated rings. The zero-order valence-corrected chi connectivity index (χ0v) is 17.3. The molecule has 0 atom stereocenters. The van der Waals surface area contributed by atoms with Gasteiger partial charge >= 0.3 is 23.1 Å². The highest BCUT2D eigenvalue weighted by molar-refractivity contribution is 5.68. The Labute approximate surface area is 179 Å². The van der Waals surface area contributed by atoms with Gasteiger partial charge in [-0.3, -0.25) is 28.7 Å². The third kappa shape index (κ3) is 4.20. The summed E-state index contributed by atoms with van der Waals surface area (Å²) in [7, 11) is 0. The van der Waals surface area contributed by atoms with Crippen molar-refractivity contribution in [1.29, 1.82) is 0 Å². The van der Waals surface area contributed by atoms with E-state index in [9.17, 15) is 32.9 Å². The third-order valence-corrected chi connectivity index (χ3v) is 4.91. The number of aromatic nitrogens is 4. The second-order valence-corrected chi connectivity index (χ2v) is 7.02. The maximum atomic E-state index is 13.3.